The first-order valence-electron chi connectivity index (χ1n) is 6.46. The lowest BCUT2D eigenvalue weighted by atomic mass is 10.1. The Labute approximate surface area is 122 Å². The minimum Gasteiger partial charge on any atom is -0.397 e. The third kappa shape index (κ3) is 5.20. The Morgan fingerprint density at radius 1 is 1.14 bits per heavy atom. The summed E-state index contributed by atoms with van der Waals surface area (Å²) in [5.74, 6) is 0. The summed E-state index contributed by atoms with van der Waals surface area (Å²) in [6.07, 6.45) is -5.13. The summed E-state index contributed by atoms with van der Waals surface area (Å²) in [5, 5.41) is 0. The summed E-state index contributed by atoms with van der Waals surface area (Å²) < 4.78 is 62.6. The molecule has 0 fully saturated rings. The van der Waals surface area contributed by atoms with Gasteiger partial charge < -0.3 is 5.73 Å². The molecule has 21 heavy (non-hydrogen) atoms. The summed E-state index contributed by atoms with van der Waals surface area (Å²) >= 11 is 0. The van der Waals surface area contributed by atoms with Gasteiger partial charge in [0.15, 0.2) is 0 Å². The predicted molar refractivity (Wildman–Crippen MR) is 75.4 cm³/mol. The van der Waals surface area contributed by atoms with E-state index in [0.717, 1.165) is 0 Å². The van der Waals surface area contributed by atoms with Crippen LogP contribution in [0, 0.1) is 13.8 Å². The predicted octanol–water partition coefficient (Wildman–Crippen LogP) is 2.90. The maximum Gasteiger partial charge on any atom is 0.389 e. The Kier molecular flexibility index (Phi) is 5.63. The van der Waals surface area contributed by atoms with E-state index in [0.29, 0.717) is 11.1 Å². The molecule has 4 nitrogen and oxygen atoms in total. The first-order chi connectivity index (χ1) is 9.54. The summed E-state index contributed by atoms with van der Waals surface area (Å²) in [7, 11) is -3.82. The molecule has 1 rings (SSSR count). The van der Waals surface area contributed by atoms with Crippen LogP contribution in [0.1, 0.15) is 30.4 Å². The Balaban J connectivity index is 2.69. The lowest BCUT2D eigenvalue weighted by molar-refractivity contribution is -0.135. The number of nitrogen functional groups attached to an aromatic ring is 1. The number of unbranched alkanes of at least 4 members (excludes halogenated alkanes) is 1. The largest absolute Gasteiger partial charge is 0.397 e. The lowest BCUT2D eigenvalue weighted by Gasteiger charge is -2.13. The van der Waals surface area contributed by atoms with Crippen LogP contribution in [-0.4, -0.2) is 21.1 Å². The second kappa shape index (κ2) is 6.65. The van der Waals surface area contributed by atoms with E-state index < -0.39 is 22.6 Å². The zero-order chi connectivity index (χ0) is 16.3. The van der Waals surface area contributed by atoms with Gasteiger partial charge in [0.05, 0.1) is 5.69 Å². The first-order valence-corrected chi connectivity index (χ1v) is 7.95. The van der Waals surface area contributed by atoms with Gasteiger partial charge in [0.25, 0.3) is 0 Å². The quantitative estimate of drug-likeness (QED) is 0.624. The van der Waals surface area contributed by atoms with Crippen LogP contribution in [0.2, 0.25) is 0 Å². The van der Waals surface area contributed by atoms with Crippen LogP contribution in [-0.2, 0) is 10.0 Å². The molecule has 0 saturated heterocycles. The Morgan fingerprint density at radius 2 is 1.71 bits per heavy atom. The van der Waals surface area contributed by atoms with Crippen molar-refractivity contribution in [1.29, 1.82) is 0 Å². The molecule has 1 aromatic carbocycles. The number of rotatable bonds is 6. The highest BCUT2D eigenvalue weighted by Gasteiger charge is 2.26. The molecule has 0 aliphatic heterocycles. The second-order valence-electron chi connectivity index (χ2n) is 4.91. The van der Waals surface area contributed by atoms with Crippen LogP contribution in [0.4, 0.5) is 18.9 Å². The molecule has 0 aliphatic carbocycles. The zero-order valence-corrected chi connectivity index (χ0v) is 12.7. The first kappa shape index (κ1) is 17.8. The zero-order valence-electron chi connectivity index (χ0n) is 11.9. The molecule has 1 aromatic rings. The van der Waals surface area contributed by atoms with Crippen LogP contribution < -0.4 is 10.5 Å². The van der Waals surface area contributed by atoms with Crippen molar-refractivity contribution in [1.82, 2.24) is 4.72 Å². The van der Waals surface area contributed by atoms with Gasteiger partial charge in [-0.15, -0.1) is 0 Å². The highest BCUT2D eigenvalue weighted by atomic mass is 32.2. The molecule has 0 radical (unpaired) electrons. The molecule has 0 heterocycles. The average molecular weight is 324 g/mol. The van der Waals surface area contributed by atoms with Gasteiger partial charge >= 0.3 is 6.18 Å². The Hall–Kier alpha value is -1.28. The fraction of sp³-hybridized carbons (Fsp3) is 0.538. The van der Waals surface area contributed by atoms with E-state index in [-0.39, 0.29) is 30.0 Å². The van der Waals surface area contributed by atoms with Crippen molar-refractivity contribution in [3.05, 3.63) is 23.3 Å². The van der Waals surface area contributed by atoms with E-state index in [1.165, 1.54) is 0 Å². The number of nitrogens with two attached hydrogens (primary N) is 1. The maximum atomic E-state index is 12.2. The van der Waals surface area contributed by atoms with Gasteiger partial charge in [-0.05, 0) is 37.8 Å². The molecule has 0 aromatic heterocycles. The van der Waals surface area contributed by atoms with E-state index in [1.807, 2.05) is 0 Å². The molecule has 0 unspecified atom stereocenters. The topological polar surface area (TPSA) is 72.2 Å². The third-order valence-corrected chi connectivity index (χ3v) is 4.72. The number of halogens is 3. The van der Waals surface area contributed by atoms with Gasteiger partial charge in [0.1, 0.15) is 4.90 Å². The van der Waals surface area contributed by atoms with Crippen molar-refractivity contribution >= 4 is 15.7 Å². The molecule has 0 amide bonds. The summed E-state index contributed by atoms with van der Waals surface area (Å²) in [5.41, 5.74) is 7.09. The van der Waals surface area contributed by atoms with Crippen molar-refractivity contribution in [2.45, 2.75) is 44.2 Å². The summed E-state index contributed by atoms with van der Waals surface area (Å²) in [4.78, 5) is -0.00155. The molecule has 0 saturated carbocycles. The van der Waals surface area contributed by atoms with Gasteiger partial charge in [0, 0.05) is 13.0 Å². The summed E-state index contributed by atoms with van der Waals surface area (Å²) in [6, 6.07) is 3.36. The molecule has 120 valence electrons. The minimum atomic E-state index is -4.21. The lowest BCUT2D eigenvalue weighted by Crippen LogP contribution is -2.27. The number of sulfonamides is 1. The molecular weight excluding hydrogens is 305 g/mol. The monoisotopic (exact) mass is 324 g/mol. The molecule has 0 atom stereocenters. The van der Waals surface area contributed by atoms with E-state index in [2.05, 4.69) is 4.72 Å². The van der Waals surface area contributed by atoms with Gasteiger partial charge in [-0.2, -0.15) is 13.2 Å². The minimum absolute atomic E-state index is 0.00155. The standard InChI is InChI=1S/C13H19F3N2O2S/c1-9-5-6-10(2)12(11(9)17)21(19,20)18-8-4-3-7-13(14,15)16/h5-6,18H,3-4,7-8,17H2,1-2H3. The number of aryl methyl sites for hydroxylation is 2. The van der Waals surface area contributed by atoms with Gasteiger partial charge in [-0.3, -0.25) is 0 Å². The number of anilines is 1. The van der Waals surface area contributed by atoms with Crippen LogP contribution >= 0.6 is 0 Å². The van der Waals surface area contributed by atoms with Gasteiger partial charge in [0.2, 0.25) is 10.0 Å². The molecule has 0 aliphatic rings. The number of benzene rings is 1. The van der Waals surface area contributed by atoms with Crippen LogP contribution in [0.5, 0.6) is 0 Å². The SMILES string of the molecule is Cc1ccc(C)c(S(=O)(=O)NCCCCC(F)(F)F)c1N. The fourth-order valence-electron chi connectivity index (χ4n) is 1.89. The Morgan fingerprint density at radius 3 is 2.29 bits per heavy atom. The number of alkyl halides is 3. The van der Waals surface area contributed by atoms with E-state index in [9.17, 15) is 21.6 Å². The molecule has 0 bridgehead atoms. The summed E-state index contributed by atoms with van der Waals surface area (Å²) in [6.45, 7) is 3.26. The van der Waals surface area contributed by atoms with Crippen LogP contribution in [0.15, 0.2) is 17.0 Å². The second-order valence-corrected chi connectivity index (χ2v) is 6.62. The van der Waals surface area contributed by atoms with Crippen molar-refractivity contribution in [3.8, 4) is 0 Å². The normalized spacial score (nSPS) is 12.6. The van der Waals surface area contributed by atoms with Gasteiger partial charge in [-0.1, -0.05) is 12.1 Å². The number of hydrogen-bond acceptors (Lipinski definition) is 3. The molecule has 3 N–H and O–H groups in total. The fourth-order valence-corrected chi connectivity index (χ4v) is 3.39. The Bertz CT molecular complexity index is 598. The highest BCUT2D eigenvalue weighted by molar-refractivity contribution is 7.89. The van der Waals surface area contributed by atoms with Crippen molar-refractivity contribution < 1.29 is 21.6 Å². The highest BCUT2D eigenvalue weighted by Crippen LogP contribution is 2.26. The van der Waals surface area contributed by atoms with E-state index in [1.54, 1.807) is 26.0 Å². The smallest absolute Gasteiger partial charge is 0.389 e. The third-order valence-electron chi connectivity index (χ3n) is 3.06. The molecular formula is C13H19F3N2O2S. The van der Waals surface area contributed by atoms with Crippen molar-refractivity contribution in [2.75, 3.05) is 12.3 Å². The number of hydrogen-bond donors (Lipinski definition) is 2. The molecule has 8 heteroatoms. The van der Waals surface area contributed by atoms with Gasteiger partial charge in [-0.25, -0.2) is 13.1 Å². The number of nitrogens with one attached hydrogen (secondary N) is 1. The molecule has 0 spiro atoms. The van der Waals surface area contributed by atoms with Crippen LogP contribution in [0.25, 0.3) is 0 Å². The van der Waals surface area contributed by atoms with E-state index >= 15 is 0 Å². The maximum absolute atomic E-state index is 12.2. The average Bonchev–Trinajstić information content (AvgIpc) is 2.32. The van der Waals surface area contributed by atoms with Crippen molar-refractivity contribution in [3.63, 3.8) is 0 Å². The van der Waals surface area contributed by atoms with Crippen LogP contribution in [0.3, 0.4) is 0 Å². The van der Waals surface area contributed by atoms with E-state index in [4.69, 9.17) is 5.73 Å². The van der Waals surface area contributed by atoms with Crippen molar-refractivity contribution in [2.24, 2.45) is 0 Å².